The molecule has 6 heteroatoms. The average Bonchev–Trinajstić information content (AvgIpc) is 3.00. The summed E-state index contributed by atoms with van der Waals surface area (Å²) in [4.78, 5) is 26.7. The lowest BCUT2D eigenvalue weighted by atomic mass is 10.1. The molecule has 3 rings (SSSR count). The Bertz CT molecular complexity index is 858. The lowest BCUT2D eigenvalue weighted by molar-refractivity contribution is -0.117. The highest BCUT2D eigenvalue weighted by molar-refractivity contribution is 5.99. The molecule has 0 unspecified atom stereocenters. The molecule has 1 N–H and O–H groups in total. The Hall–Kier alpha value is -3.02. The van der Waals surface area contributed by atoms with Crippen LogP contribution in [-0.2, 0) is 4.79 Å². The number of ether oxygens (including phenoxy) is 2. The molecule has 2 amide bonds. The Morgan fingerprint density at radius 1 is 1.04 bits per heavy atom. The second-order valence-corrected chi connectivity index (χ2v) is 6.79. The van der Waals surface area contributed by atoms with Gasteiger partial charge in [-0.25, -0.2) is 0 Å². The highest BCUT2D eigenvalue weighted by atomic mass is 16.5. The van der Waals surface area contributed by atoms with E-state index in [1.807, 2.05) is 38.1 Å². The van der Waals surface area contributed by atoms with Gasteiger partial charge in [0.1, 0.15) is 0 Å². The van der Waals surface area contributed by atoms with Crippen LogP contribution in [0.3, 0.4) is 0 Å². The summed E-state index contributed by atoms with van der Waals surface area (Å²) in [6, 6.07) is 10.8. The SMILES string of the molecule is COc1ccc(N2C[C@H](NC(=O)c3cc(C)cc(C)c3)CC2=O)cc1OC. The maximum Gasteiger partial charge on any atom is 0.251 e. The number of methoxy groups -OCH3 is 2. The fraction of sp³-hybridized carbons (Fsp3) is 0.333. The number of anilines is 1. The van der Waals surface area contributed by atoms with Crippen molar-refractivity contribution in [2.24, 2.45) is 0 Å². The van der Waals surface area contributed by atoms with Gasteiger partial charge in [0, 0.05) is 30.3 Å². The molecule has 1 heterocycles. The highest BCUT2D eigenvalue weighted by Crippen LogP contribution is 2.33. The van der Waals surface area contributed by atoms with Crippen LogP contribution in [0.5, 0.6) is 11.5 Å². The average molecular weight is 368 g/mol. The van der Waals surface area contributed by atoms with Crippen LogP contribution in [0.4, 0.5) is 5.69 Å². The minimum Gasteiger partial charge on any atom is -0.493 e. The van der Waals surface area contributed by atoms with E-state index in [9.17, 15) is 9.59 Å². The van der Waals surface area contributed by atoms with Crippen molar-refractivity contribution < 1.29 is 19.1 Å². The topological polar surface area (TPSA) is 67.9 Å². The fourth-order valence-electron chi connectivity index (χ4n) is 3.42. The Morgan fingerprint density at radius 3 is 2.33 bits per heavy atom. The lowest BCUT2D eigenvalue weighted by Crippen LogP contribution is -2.37. The molecule has 6 nitrogen and oxygen atoms in total. The van der Waals surface area contributed by atoms with Gasteiger partial charge < -0.3 is 19.7 Å². The third-order valence-corrected chi connectivity index (χ3v) is 4.62. The molecule has 1 aliphatic heterocycles. The van der Waals surface area contributed by atoms with Gasteiger partial charge in [0.25, 0.3) is 5.91 Å². The van der Waals surface area contributed by atoms with E-state index in [4.69, 9.17) is 9.47 Å². The molecule has 2 aromatic carbocycles. The fourth-order valence-corrected chi connectivity index (χ4v) is 3.42. The maximum absolute atomic E-state index is 12.6. The quantitative estimate of drug-likeness (QED) is 0.881. The maximum atomic E-state index is 12.6. The van der Waals surface area contributed by atoms with E-state index in [1.54, 1.807) is 31.3 Å². The Balaban J connectivity index is 1.73. The molecule has 1 atom stereocenters. The lowest BCUT2D eigenvalue weighted by Gasteiger charge is -2.19. The minimum atomic E-state index is -0.237. The van der Waals surface area contributed by atoms with Crippen LogP contribution in [0.25, 0.3) is 0 Å². The third kappa shape index (κ3) is 4.05. The van der Waals surface area contributed by atoms with Gasteiger partial charge in [0.05, 0.1) is 20.3 Å². The molecule has 0 saturated carbocycles. The zero-order valence-electron chi connectivity index (χ0n) is 16.0. The minimum absolute atomic E-state index is 0.0343. The number of nitrogens with one attached hydrogen (secondary N) is 1. The Labute approximate surface area is 159 Å². The summed E-state index contributed by atoms with van der Waals surface area (Å²) in [6.45, 7) is 4.34. The molecule has 142 valence electrons. The van der Waals surface area contributed by atoms with Crippen molar-refractivity contribution in [3.63, 3.8) is 0 Å². The van der Waals surface area contributed by atoms with Crippen molar-refractivity contribution in [2.75, 3.05) is 25.7 Å². The smallest absolute Gasteiger partial charge is 0.251 e. The largest absolute Gasteiger partial charge is 0.493 e. The molecule has 2 aromatic rings. The van der Waals surface area contributed by atoms with Gasteiger partial charge in [-0.2, -0.15) is 0 Å². The standard InChI is InChI=1S/C21H24N2O4/c1-13-7-14(2)9-15(8-13)21(25)22-16-10-20(24)23(12-16)17-5-6-18(26-3)19(11-17)27-4/h5-9,11,16H,10,12H2,1-4H3,(H,22,25)/t16-/m1/s1. The van der Waals surface area contributed by atoms with Crippen LogP contribution in [0, 0.1) is 13.8 Å². The van der Waals surface area contributed by atoms with Crippen molar-refractivity contribution in [1.82, 2.24) is 5.32 Å². The van der Waals surface area contributed by atoms with E-state index < -0.39 is 0 Å². The molecule has 0 aromatic heterocycles. The van der Waals surface area contributed by atoms with E-state index in [2.05, 4.69) is 5.32 Å². The number of hydrogen-bond acceptors (Lipinski definition) is 4. The number of benzene rings is 2. The summed E-state index contributed by atoms with van der Waals surface area (Å²) in [7, 11) is 3.12. The van der Waals surface area contributed by atoms with Crippen LogP contribution in [0.15, 0.2) is 36.4 Å². The van der Waals surface area contributed by atoms with Crippen LogP contribution in [0.1, 0.15) is 27.9 Å². The van der Waals surface area contributed by atoms with Gasteiger partial charge >= 0.3 is 0 Å². The first kappa shape index (κ1) is 18.8. The van der Waals surface area contributed by atoms with Gasteiger partial charge in [0.2, 0.25) is 5.91 Å². The molecule has 1 aliphatic rings. The molecule has 0 radical (unpaired) electrons. The van der Waals surface area contributed by atoms with E-state index in [-0.39, 0.29) is 24.3 Å². The first-order valence-electron chi connectivity index (χ1n) is 8.83. The van der Waals surface area contributed by atoms with Crippen LogP contribution in [-0.4, -0.2) is 38.6 Å². The van der Waals surface area contributed by atoms with E-state index in [0.29, 0.717) is 23.6 Å². The van der Waals surface area contributed by atoms with Crippen molar-refractivity contribution >= 4 is 17.5 Å². The number of nitrogens with zero attached hydrogens (tertiary/aromatic N) is 1. The Kier molecular flexibility index (Phi) is 5.35. The van der Waals surface area contributed by atoms with Crippen molar-refractivity contribution in [3.05, 3.63) is 53.1 Å². The molecule has 0 aliphatic carbocycles. The van der Waals surface area contributed by atoms with Crippen molar-refractivity contribution in [2.45, 2.75) is 26.3 Å². The molecule has 1 saturated heterocycles. The third-order valence-electron chi connectivity index (χ3n) is 4.62. The second kappa shape index (κ2) is 7.70. The zero-order chi connectivity index (χ0) is 19.6. The zero-order valence-corrected chi connectivity index (χ0v) is 16.0. The molecule has 0 bridgehead atoms. The second-order valence-electron chi connectivity index (χ2n) is 6.79. The molecule has 1 fully saturated rings. The number of hydrogen-bond donors (Lipinski definition) is 1. The number of amides is 2. The summed E-state index contributed by atoms with van der Waals surface area (Å²) >= 11 is 0. The summed E-state index contributed by atoms with van der Waals surface area (Å²) in [6.07, 6.45) is 0.269. The Morgan fingerprint density at radius 2 is 1.70 bits per heavy atom. The van der Waals surface area contributed by atoms with Crippen molar-refractivity contribution in [1.29, 1.82) is 0 Å². The van der Waals surface area contributed by atoms with Crippen LogP contribution in [0.2, 0.25) is 0 Å². The summed E-state index contributed by atoms with van der Waals surface area (Å²) in [5, 5.41) is 2.97. The molecule has 27 heavy (non-hydrogen) atoms. The van der Waals surface area contributed by atoms with E-state index >= 15 is 0 Å². The van der Waals surface area contributed by atoms with Gasteiger partial charge in [-0.3, -0.25) is 9.59 Å². The van der Waals surface area contributed by atoms with Gasteiger partial charge in [-0.05, 0) is 38.1 Å². The predicted molar refractivity (Wildman–Crippen MR) is 104 cm³/mol. The molecular weight excluding hydrogens is 344 g/mol. The summed E-state index contributed by atoms with van der Waals surface area (Å²) < 4.78 is 10.5. The number of aryl methyl sites for hydroxylation is 2. The normalized spacial score (nSPS) is 16.4. The molecular formula is C21H24N2O4. The number of carbonyl (C=O) groups is 2. The van der Waals surface area contributed by atoms with Gasteiger partial charge in [0.15, 0.2) is 11.5 Å². The summed E-state index contributed by atoms with van der Waals surface area (Å²) in [5.41, 5.74) is 3.41. The number of rotatable bonds is 5. The van der Waals surface area contributed by atoms with Crippen molar-refractivity contribution in [3.8, 4) is 11.5 Å². The van der Waals surface area contributed by atoms with Crippen LogP contribution < -0.4 is 19.7 Å². The first-order valence-corrected chi connectivity index (χ1v) is 8.83. The molecule has 0 spiro atoms. The van der Waals surface area contributed by atoms with Crippen LogP contribution >= 0.6 is 0 Å². The van der Waals surface area contributed by atoms with Gasteiger partial charge in [-0.1, -0.05) is 17.2 Å². The van der Waals surface area contributed by atoms with E-state index in [1.165, 1.54) is 0 Å². The first-order chi connectivity index (χ1) is 12.9. The monoisotopic (exact) mass is 368 g/mol. The van der Waals surface area contributed by atoms with Gasteiger partial charge in [-0.15, -0.1) is 0 Å². The van der Waals surface area contributed by atoms with E-state index in [0.717, 1.165) is 16.8 Å². The number of carbonyl (C=O) groups excluding carboxylic acids is 2. The summed E-state index contributed by atoms with van der Waals surface area (Å²) in [5.74, 6) is 0.972. The highest BCUT2D eigenvalue weighted by Gasteiger charge is 2.32. The predicted octanol–water partition coefficient (Wildman–Crippen LogP) is 2.86.